The molecule has 0 unspecified atom stereocenters. The number of carbonyl (C=O) groups is 1. The monoisotopic (exact) mass is 1210 g/mol. The Morgan fingerprint density at radius 2 is 1.11 bits per heavy atom. The van der Waals surface area contributed by atoms with Crippen LogP contribution >= 0.6 is 0 Å². The van der Waals surface area contributed by atoms with Crippen LogP contribution in [0.3, 0.4) is 0 Å². The first-order valence-corrected chi connectivity index (χ1v) is 30.1. The van der Waals surface area contributed by atoms with E-state index in [1.54, 1.807) is 0 Å². The Hall–Kier alpha value is -1.75. The number of hydrogen-bond donors (Lipinski definition) is 15. The Morgan fingerprint density at radius 1 is 0.536 bits per heavy atom. The molecule has 10 rings (SSSR count). The number of carbonyl (C=O) groups excluding carboxylic acids is 1. The highest BCUT2D eigenvalue weighted by Gasteiger charge is 2.71. The number of ether oxygens (including phenoxy) is 10. The van der Waals surface area contributed by atoms with Gasteiger partial charge in [-0.05, 0) is 110 Å². The van der Waals surface area contributed by atoms with Crippen LogP contribution in [0.2, 0.25) is 0 Å². The summed E-state index contributed by atoms with van der Waals surface area (Å²) >= 11 is 0. The smallest absolute Gasteiger partial charge is 0.315 e. The zero-order valence-corrected chi connectivity index (χ0v) is 49.1. The van der Waals surface area contributed by atoms with E-state index in [1.807, 2.05) is 13.8 Å². The Morgan fingerprint density at radius 3 is 1.77 bits per heavy atom. The minimum Gasteiger partial charge on any atom is -0.432 e. The molecular weight excluding hydrogens is 1110 g/mol. The molecular formula is C58H94O26. The lowest BCUT2D eigenvalue weighted by molar-refractivity contribution is -0.381. The highest BCUT2D eigenvalue weighted by atomic mass is 16.8. The van der Waals surface area contributed by atoms with Crippen molar-refractivity contribution in [1.29, 1.82) is 0 Å². The SMILES string of the molecule is C[C@@H]1O[C@@H](OC(=O)[C@]23CCC(C)(C)C[C@H]2C2=CC[C@@H]4[C@@]5(C)C[C@@H](O)[C@H](O[C@@H]6O[C@H](CO)[C@@H](O)[C@H](O[C@@H]7OC[C@H](O)[C@H](O)[C@H]7O[C@@H]7OC[C@H](O)[C@H](O)[C@H]7O)[C@H]6O)C(C)(C)[C@@H]5CC[C@@]4(C)[C@]2(C)CC3)[C@H](O[C@@H]2O[C@H](CO)[C@@H](O)[C@H](O)[C@H]2O)[C@H](O)[C@H]1O. The third-order valence-corrected chi connectivity index (χ3v) is 22.7. The van der Waals surface area contributed by atoms with Crippen LogP contribution in [-0.4, -0.2) is 263 Å². The maximum Gasteiger partial charge on any atom is 0.315 e. The quantitative estimate of drug-likeness (QED) is 0.0528. The fourth-order valence-electron chi connectivity index (χ4n) is 17.5. The second-order valence-corrected chi connectivity index (χ2v) is 28.3. The molecule has 15 N–H and O–H groups in total. The molecule has 482 valence electrons. The molecule has 5 heterocycles. The van der Waals surface area contributed by atoms with E-state index in [-0.39, 0.29) is 35.0 Å². The van der Waals surface area contributed by atoms with Gasteiger partial charge in [0.2, 0.25) is 6.29 Å². The van der Waals surface area contributed by atoms with Gasteiger partial charge in [-0.25, -0.2) is 0 Å². The van der Waals surface area contributed by atoms with Gasteiger partial charge in [-0.3, -0.25) is 4.79 Å². The molecule has 9 fully saturated rings. The summed E-state index contributed by atoms with van der Waals surface area (Å²) in [4.78, 5) is 15.3. The van der Waals surface area contributed by atoms with Crippen molar-refractivity contribution >= 4 is 5.97 Å². The lowest BCUT2D eigenvalue weighted by Gasteiger charge is -2.71. The maximum absolute atomic E-state index is 15.3. The molecule has 0 aromatic carbocycles. The Bertz CT molecular complexity index is 2350. The van der Waals surface area contributed by atoms with Crippen molar-refractivity contribution in [2.24, 2.45) is 50.2 Å². The maximum atomic E-state index is 15.3. The molecule has 0 amide bonds. The molecule has 0 radical (unpaired) electrons. The normalized spacial score (nSPS) is 54.6. The summed E-state index contributed by atoms with van der Waals surface area (Å²) in [7, 11) is 0. The third kappa shape index (κ3) is 10.8. The molecule has 26 nitrogen and oxygen atoms in total. The average Bonchev–Trinajstić information content (AvgIpc) is 1.14. The number of rotatable bonds is 12. The molecule has 5 saturated heterocycles. The summed E-state index contributed by atoms with van der Waals surface area (Å²) in [6.07, 6.45) is -31.9. The topological polar surface area (TPSA) is 413 Å². The lowest BCUT2D eigenvalue weighted by atomic mass is 9.33. The van der Waals surface area contributed by atoms with Crippen LogP contribution in [0.4, 0.5) is 0 Å². The van der Waals surface area contributed by atoms with Gasteiger partial charge < -0.3 is 124 Å². The van der Waals surface area contributed by atoms with Gasteiger partial charge in [0.15, 0.2) is 31.3 Å². The van der Waals surface area contributed by atoms with E-state index in [1.165, 1.54) is 12.5 Å². The molecule has 10 aliphatic rings. The summed E-state index contributed by atoms with van der Waals surface area (Å²) < 4.78 is 59.7. The van der Waals surface area contributed by atoms with Crippen molar-refractivity contribution in [2.45, 2.75) is 267 Å². The predicted molar refractivity (Wildman–Crippen MR) is 283 cm³/mol. The first kappa shape index (κ1) is 65.2. The first-order chi connectivity index (χ1) is 39.3. The van der Waals surface area contributed by atoms with Crippen molar-refractivity contribution in [3.05, 3.63) is 11.6 Å². The molecule has 0 bridgehead atoms. The van der Waals surface area contributed by atoms with Crippen LogP contribution in [0.15, 0.2) is 11.6 Å². The first-order valence-electron chi connectivity index (χ1n) is 30.1. The Labute approximate surface area is 488 Å². The molecule has 5 aliphatic carbocycles. The lowest BCUT2D eigenvalue weighted by Crippen LogP contribution is -2.69. The zero-order chi connectivity index (χ0) is 61.3. The number of aliphatic hydroxyl groups excluding tert-OH is 15. The largest absolute Gasteiger partial charge is 0.432 e. The van der Waals surface area contributed by atoms with Gasteiger partial charge in [0.1, 0.15) is 97.7 Å². The highest BCUT2D eigenvalue weighted by molar-refractivity contribution is 5.79. The summed E-state index contributed by atoms with van der Waals surface area (Å²) in [5.41, 5.74) is -2.17. The van der Waals surface area contributed by atoms with Crippen molar-refractivity contribution in [3.8, 4) is 0 Å². The molecule has 0 aromatic heterocycles. The molecule has 0 aromatic rings. The standard InChI is InChI=1S/C58H94O26/c1-23-33(64)39(70)45(82-48-41(72)38(69)36(67)29(19-59)78-48)51(77-23)84-52(74)58-15-13-53(2,3)17-25(58)24-9-10-32-55(6)18-26(61)46(54(4,5)31(55)11-12-57(32,8)56(24,7)14-16-58)83-49-42(73)43(37(68)30(20-60)79-49)80-50-44(35(66)28(63)22-76-50)81-47-40(71)34(65)27(62)21-75-47/h9,23,25-51,59-73H,10-22H2,1-8H3/t23-,25-,26+,27-,28-,29+,30+,31-,32+,33-,34-,35-,36+,37+,38-,39+,40+,41+,42+,43-,44+,45+,46-,47-,48-,49-,50-,51-,55-,56+,57+,58-/m0/s1. The summed E-state index contributed by atoms with van der Waals surface area (Å²) in [6, 6.07) is 0. The molecule has 4 saturated carbocycles. The van der Waals surface area contributed by atoms with Crippen LogP contribution in [0.5, 0.6) is 0 Å². The number of aliphatic hydroxyl groups is 15. The van der Waals surface area contributed by atoms with E-state index < -0.39 is 208 Å². The van der Waals surface area contributed by atoms with Gasteiger partial charge in [-0.1, -0.05) is 60.1 Å². The number of esters is 1. The molecule has 5 aliphatic heterocycles. The van der Waals surface area contributed by atoms with Gasteiger partial charge >= 0.3 is 5.97 Å². The number of hydrogen-bond acceptors (Lipinski definition) is 26. The van der Waals surface area contributed by atoms with Crippen LogP contribution in [-0.2, 0) is 52.2 Å². The van der Waals surface area contributed by atoms with E-state index in [0.717, 1.165) is 6.42 Å². The predicted octanol–water partition coefficient (Wildman–Crippen LogP) is -2.93. The molecule has 84 heavy (non-hydrogen) atoms. The summed E-state index contributed by atoms with van der Waals surface area (Å²) in [5, 5.41) is 163. The third-order valence-electron chi connectivity index (χ3n) is 22.7. The van der Waals surface area contributed by atoms with Gasteiger partial charge in [-0.15, -0.1) is 0 Å². The summed E-state index contributed by atoms with van der Waals surface area (Å²) in [5.74, 6) is -0.915. The minimum absolute atomic E-state index is 0.0185. The van der Waals surface area contributed by atoms with E-state index in [4.69, 9.17) is 47.4 Å². The summed E-state index contributed by atoms with van der Waals surface area (Å²) in [6.45, 7) is 14.4. The highest BCUT2D eigenvalue weighted by Crippen LogP contribution is 2.76. The zero-order valence-electron chi connectivity index (χ0n) is 49.1. The minimum atomic E-state index is -1.86. The number of fused-ring (bicyclic) bond motifs is 7. The van der Waals surface area contributed by atoms with Gasteiger partial charge in [0.05, 0.1) is 50.2 Å². The second kappa shape index (κ2) is 23.8. The molecule has 0 spiro atoms. The Balaban J connectivity index is 0.875. The van der Waals surface area contributed by atoms with Crippen LogP contribution in [0, 0.1) is 50.2 Å². The van der Waals surface area contributed by atoms with E-state index >= 15 is 4.79 Å². The van der Waals surface area contributed by atoms with Crippen molar-refractivity contribution in [3.63, 3.8) is 0 Å². The van der Waals surface area contributed by atoms with Crippen molar-refractivity contribution in [1.82, 2.24) is 0 Å². The van der Waals surface area contributed by atoms with E-state index in [2.05, 4.69) is 40.7 Å². The van der Waals surface area contributed by atoms with Crippen LogP contribution in [0.1, 0.15) is 113 Å². The van der Waals surface area contributed by atoms with Gasteiger partial charge in [0, 0.05) is 0 Å². The fourth-order valence-corrected chi connectivity index (χ4v) is 17.5. The Kier molecular flexibility index (Phi) is 18.5. The average molecular weight is 1210 g/mol. The van der Waals surface area contributed by atoms with Crippen molar-refractivity contribution < 1.29 is 129 Å². The van der Waals surface area contributed by atoms with Crippen LogP contribution in [0.25, 0.3) is 0 Å². The van der Waals surface area contributed by atoms with E-state index in [9.17, 15) is 76.6 Å². The van der Waals surface area contributed by atoms with Gasteiger partial charge in [-0.2, -0.15) is 0 Å². The fraction of sp³-hybridized carbons (Fsp3) is 0.948. The number of allylic oxidation sites excluding steroid dienone is 2. The second-order valence-electron chi connectivity index (χ2n) is 28.3. The van der Waals surface area contributed by atoms with Crippen LogP contribution < -0.4 is 0 Å². The van der Waals surface area contributed by atoms with Gasteiger partial charge in [0.25, 0.3) is 0 Å². The van der Waals surface area contributed by atoms with E-state index in [0.29, 0.717) is 44.9 Å². The molecule has 26 heteroatoms. The molecule has 32 atom stereocenters. The van der Waals surface area contributed by atoms with Crippen molar-refractivity contribution in [2.75, 3.05) is 26.4 Å².